The lowest BCUT2D eigenvalue weighted by atomic mass is 9.89. The van der Waals surface area contributed by atoms with E-state index in [1.165, 1.54) is 5.56 Å². The quantitative estimate of drug-likeness (QED) is 0.857. The van der Waals surface area contributed by atoms with Gasteiger partial charge in [0, 0.05) is 39.5 Å². The normalized spacial score (nSPS) is 26.8. The van der Waals surface area contributed by atoms with Crippen molar-refractivity contribution < 1.29 is 4.79 Å². The Hall–Kier alpha value is -2.21. The number of amides is 1. The van der Waals surface area contributed by atoms with Gasteiger partial charge in [-0.25, -0.2) is 0 Å². The standard InChI is InChI=1S/C18H23N5O/c1-13(24)23-9-15-8-22(11-17-20-19-12-21(17)2)10-16(15)18(23)14-6-4-3-5-7-14/h3-7,12,15-16,18H,8-11H2,1-2H3/t15-,16-,18+/m1/s1. The Morgan fingerprint density at radius 1 is 1.21 bits per heavy atom. The number of carbonyl (C=O) groups is 1. The molecule has 2 fully saturated rings. The zero-order valence-corrected chi connectivity index (χ0v) is 14.2. The molecule has 1 aromatic heterocycles. The molecule has 0 bridgehead atoms. The van der Waals surface area contributed by atoms with Gasteiger partial charge in [0.05, 0.1) is 12.6 Å². The fourth-order valence-electron chi connectivity index (χ4n) is 4.32. The summed E-state index contributed by atoms with van der Waals surface area (Å²) in [5.41, 5.74) is 1.25. The van der Waals surface area contributed by atoms with Crippen molar-refractivity contribution in [3.05, 3.63) is 48.0 Å². The van der Waals surface area contributed by atoms with Gasteiger partial charge in [-0.1, -0.05) is 30.3 Å². The maximum absolute atomic E-state index is 12.1. The Morgan fingerprint density at radius 3 is 2.67 bits per heavy atom. The number of nitrogens with zero attached hydrogens (tertiary/aromatic N) is 5. The monoisotopic (exact) mass is 325 g/mol. The van der Waals surface area contributed by atoms with Crippen molar-refractivity contribution in [2.45, 2.75) is 19.5 Å². The second kappa shape index (κ2) is 6.02. The van der Waals surface area contributed by atoms with Crippen LogP contribution in [-0.2, 0) is 18.4 Å². The molecule has 126 valence electrons. The van der Waals surface area contributed by atoms with Crippen LogP contribution in [0.5, 0.6) is 0 Å². The SMILES string of the molecule is CC(=O)N1C[C@H]2CN(Cc3nncn3C)C[C@H]2[C@@H]1c1ccccc1. The molecule has 3 atom stereocenters. The fraction of sp³-hybridized carbons (Fsp3) is 0.500. The lowest BCUT2D eigenvalue weighted by Gasteiger charge is -2.29. The largest absolute Gasteiger partial charge is 0.335 e. The van der Waals surface area contributed by atoms with Crippen LogP contribution in [0.25, 0.3) is 0 Å². The first-order valence-corrected chi connectivity index (χ1v) is 8.51. The third-order valence-electron chi connectivity index (χ3n) is 5.46. The third-order valence-corrected chi connectivity index (χ3v) is 5.46. The number of hydrogen-bond acceptors (Lipinski definition) is 4. The number of benzene rings is 1. The molecule has 6 heteroatoms. The van der Waals surface area contributed by atoms with Crippen molar-refractivity contribution in [1.82, 2.24) is 24.6 Å². The molecule has 1 amide bonds. The molecule has 2 aliphatic rings. The van der Waals surface area contributed by atoms with Crippen LogP contribution in [0.4, 0.5) is 0 Å². The molecule has 3 heterocycles. The van der Waals surface area contributed by atoms with Crippen LogP contribution in [-0.4, -0.2) is 50.1 Å². The Labute approximate surface area is 142 Å². The van der Waals surface area contributed by atoms with Gasteiger partial charge >= 0.3 is 0 Å². The zero-order chi connectivity index (χ0) is 16.7. The maximum Gasteiger partial charge on any atom is 0.219 e. The van der Waals surface area contributed by atoms with Crippen molar-refractivity contribution in [1.29, 1.82) is 0 Å². The van der Waals surface area contributed by atoms with Crippen molar-refractivity contribution in [2.24, 2.45) is 18.9 Å². The van der Waals surface area contributed by atoms with Crippen LogP contribution in [0.1, 0.15) is 24.4 Å². The summed E-state index contributed by atoms with van der Waals surface area (Å²) in [6.45, 7) is 5.39. The van der Waals surface area contributed by atoms with E-state index in [-0.39, 0.29) is 11.9 Å². The molecule has 0 aliphatic carbocycles. The van der Waals surface area contributed by atoms with Crippen LogP contribution < -0.4 is 0 Å². The van der Waals surface area contributed by atoms with E-state index in [4.69, 9.17) is 0 Å². The van der Waals surface area contributed by atoms with Crippen molar-refractivity contribution in [3.63, 3.8) is 0 Å². The van der Waals surface area contributed by atoms with Crippen LogP contribution in [0, 0.1) is 11.8 Å². The minimum Gasteiger partial charge on any atom is -0.335 e. The van der Waals surface area contributed by atoms with Gasteiger partial charge in [-0.15, -0.1) is 10.2 Å². The average molecular weight is 325 g/mol. The van der Waals surface area contributed by atoms with Gasteiger partial charge in [0.2, 0.25) is 5.91 Å². The second-order valence-corrected chi connectivity index (χ2v) is 7.00. The maximum atomic E-state index is 12.1. The molecule has 1 aromatic carbocycles. The Morgan fingerprint density at radius 2 is 2.00 bits per heavy atom. The first-order valence-electron chi connectivity index (χ1n) is 8.51. The summed E-state index contributed by atoms with van der Waals surface area (Å²) in [4.78, 5) is 16.6. The highest BCUT2D eigenvalue weighted by Crippen LogP contribution is 2.45. The van der Waals surface area contributed by atoms with Crippen molar-refractivity contribution in [3.8, 4) is 0 Å². The van der Waals surface area contributed by atoms with Gasteiger partial charge in [-0.3, -0.25) is 9.69 Å². The number of aromatic nitrogens is 3. The predicted octanol–water partition coefficient (Wildman–Crippen LogP) is 1.47. The minimum atomic E-state index is 0.179. The first-order chi connectivity index (χ1) is 11.6. The number of likely N-dealkylation sites (tertiary alicyclic amines) is 2. The number of hydrogen-bond donors (Lipinski definition) is 0. The van der Waals surface area contributed by atoms with Crippen molar-refractivity contribution >= 4 is 5.91 Å². The molecule has 0 saturated carbocycles. The molecule has 0 spiro atoms. The van der Waals surface area contributed by atoms with E-state index < -0.39 is 0 Å². The molecule has 0 unspecified atom stereocenters. The Bertz CT molecular complexity index is 728. The summed E-state index contributed by atoms with van der Waals surface area (Å²) in [5.74, 6) is 2.20. The summed E-state index contributed by atoms with van der Waals surface area (Å²) in [6, 6.07) is 10.6. The summed E-state index contributed by atoms with van der Waals surface area (Å²) >= 11 is 0. The van der Waals surface area contributed by atoms with E-state index in [1.54, 1.807) is 13.3 Å². The second-order valence-electron chi connectivity index (χ2n) is 7.00. The number of aryl methyl sites for hydroxylation is 1. The molecule has 24 heavy (non-hydrogen) atoms. The zero-order valence-electron chi connectivity index (χ0n) is 14.2. The molecule has 0 radical (unpaired) electrons. The molecule has 6 nitrogen and oxygen atoms in total. The van der Waals surface area contributed by atoms with Crippen LogP contribution >= 0.6 is 0 Å². The predicted molar refractivity (Wildman–Crippen MR) is 89.8 cm³/mol. The molecular weight excluding hydrogens is 302 g/mol. The number of rotatable bonds is 3. The summed E-state index contributed by atoms with van der Waals surface area (Å²) in [6.07, 6.45) is 1.75. The van der Waals surface area contributed by atoms with E-state index in [9.17, 15) is 4.79 Å². The van der Waals surface area contributed by atoms with Gasteiger partial charge < -0.3 is 9.47 Å². The topological polar surface area (TPSA) is 54.3 Å². The van der Waals surface area contributed by atoms with Gasteiger partial charge in [0.25, 0.3) is 0 Å². The van der Waals surface area contributed by atoms with Gasteiger partial charge in [0.15, 0.2) is 0 Å². The molecule has 4 rings (SSSR count). The Kier molecular flexibility index (Phi) is 3.84. The van der Waals surface area contributed by atoms with E-state index in [2.05, 4.69) is 44.3 Å². The van der Waals surface area contributed by atoms with Gasteiger partial charge in [-0.05, 0) is 11.5 Å². The molecule has 2 aromatic rings. The molecule has 2 aliphatic heterocycles. The smallest absolute Gasteiger partial charge is 0.219 e. The Balaban J connectivity index is 1.55. The summed E-state index contributed by atoms with van der Waals surface area (Å²) in [5, 5.41) is 8.17. The van der Waals surface area contributed by atoms with Gasteiger partial charge in [-0.2, -0.15) is 0 Å². The lowest BCUT2D eigenvalue weighted by Crippen LogP contribution is -2.34. The highest BCUT2D eigenvalue weighted by Gasteiger charge is 2.48. The minimum absolute atomic E-state index is 0.179. The van der Waals surface area contributed by atoms with Crippen LogP contribution in [0.15, 0.2) is 36.7 Å². The van der Waals surface area contributed by atoms with E-state index in [0.717, 1.165) is 32.0 Å². The van der Waals surface area contributed by atoms with Crippen molar-refractivity contribution in [2.75, 3.05) is 19.6 Å². The number of carbonyl (C=O) groups excluding carboxylic acids is 1. The average Bonchev–Trinajstić information content (AvgIpc) is 3.23. The van der Waals surface area contributed by atoms with Crippen LogP contribution in [0.3, 0.4) is 0 Å². The lowest BCUT2D eigenvalue weighted by molar-refractivity contribution is -0.130. The molecular formula is C18H23N5O. The summed E-state index contributed by atoms with van der Waals surface area (Å²) in [7, 11) is 1.98. The summed E-state index contributed by atoms with van der Waals surface area (Å²) < 4.78 is 1.98. The third kappa shape index (κ3) is 2.60. The first kappa shape index (κ1) is 15.3. The van der Waals surface area contributed by atoms with Gasteiger partial charge in [0.1, 0.15) is 12.2 Å². The highest BCUT2D eigenvalue weighted by molar-refractivity contribution is 5.74. The van der Waals surface area contributed by atoms with Crippen LogP contribution in [0.2, 0.25) is 0 Å². The van der Waals surface area contributed by atoms with E-state index in [0.29, 0.717) is 11.8 Å². The van der Waals surface area contributed by atoms with E-state index >= 15 is 0 Å². The number of fused-ring (bicyclic) bond motifs is 1. The molecule has 2 saturated heterocycles. The fourth-order valence-corrected chi connectivity index (χ4v) is 4.32. The van der Waals surface area contributed by atoms with E-state index in [1.807, 2.05) is 17.7 Å². The molecule has 0 N–H and O–H groups in total. The highest BCUT2D eigenvalue weighted by atomic mass is 16.2.